The van der Waals surface area contributed by atoms with E-state index >= 15 is 0 Å². The number of benzene rings is 2. The second kappa shape index (κ2) is 8.98. The maximum atomic E-state index is 11.8. The van der Waals surface area contributed by atoms with Gasteiger partial charge in [0.15, 0.2) is 0 Å². The van der Waals surface area contributed by atoms with Gasteiger partial charge in [-0.3, -0.25) is 9.69 Å². The van der Waals surface area contributed by atoms with Gasteiger partial charge in [-0.15, -0.1) is 0 Å². The Morgan fingerprint density at radius 2 is 1.85 bits per heavy atom. The molecule has 140 valence electrons. The first-order chi connectivity index (χ1) is 12.7. The van der Waals surface area contributed by atoms with Gasteiger partial charge in [-0.1, -0.05) is 36.4 Å². The van der Waals surface area contributed by atoms with Gasteiger partial charge in [0.05, 0.1) is 0 Å². The summed E-state index contributed by atoms with van der Waals surface area (Å²) in [4.78, 5) is 15.8. The van der Waals surface area contributed by atoms with Crippen LogP contribution in [0.25, 0.3) is 10.8 Å². The lowest BCUT2D eigenvalue weighted by Crippen LogP contribution is -2.51. The molecule has 0 bridgehead atoms. The topological polar surface area (TPSA) is 62.2 Å². The van der Waals surface area contributed by atoms with E-state index in [1.54, 1.807) is 4.90 Å². The van der Waals surface area contributed by atoms with Crippen molar-refractivity contribution in [3.05, 3.63) is 42.5 Å². The van der Waals surface area contributed by atoms with Gasteiger partial charge in [0.2, 0.25) is 5.91 Å². The highest BCUT2D eigenvalue weighted by Gasteiger charge is 2.22. The summed E-state index contributed by atoms with van der Waals surface area (Å²) < 4.78 is 10.7. The second-order valence-corrected chi connectivity index (χ2v) is 6.56. The molecule has 0 spiro atoms. The predicted molar refractivity (Wildman–Crippen MR) is 100 cm³/mol. The number of piperazine rings is 1. The van der Waals surface area contributed by atoms with E-state index in [-0.39, 0.29) is 19.1 Å². The molecule has 0 aliphatic carbocycles. The summed E-state index contributed by atoms with van der Waals surface area (Å²) in [6, 6.07) is 14.0. The molecule has 6 nitrogen and oxygen atoms in total. The molecular formula is C20H26N2O4. The molecule has 1 heterocycles. The van der Waals surface area contributed by atoms with Crippen LogP contribution in [0.2, 0.25) is 0 Å². The van der Waals surface area contributed by atoms with Crippen molar-refractivity contribution in [1.29, 1.82) is 0 Å². The van der Waals surface area contributed by atoms with E-state index in [2.05, 4.69) is 4.90 Å². The Balaban J connectivity index is 1.46. The third-order valence-corrected chi connectivity index (χ3v) is 4.64. The Labute approximate surface area is 153 Å². The number of hydrogen-bond acceptors (Lipinski definition) is 5. The maximum Gasteiger partial charge on any atom is 0.248 e. The second-order valence-electron chi connectivity index (χ2n) is 6.56. The van der Waals surface area contributed by atoms with Gasteiger partial charge in [-0.05, 0) is 11.5 Å². The van der Waals surface area contributed by atoms with Crippen LogP contribution < -0.4 is 4.74 Å². The fourth-order valence-corrected chi connectivity index (χ4v) is 3.25. The summed E-state index contributed by atoms with van der Waals surface area (Å²) in [6.07, 6.45) is -0.574. The number of methoxy groups -OCH3 is 1. The van der Waals surface area contributed by atoms with Gasteiger partial charge in [0.25, 0.3) is 0 Å². The minimum absolute atomic E-state index is 0.0204. The fraction of sp³-hybridized carbons (Fsp3) is 0.450. The molecule has 0 saturated carbocycles. The number of fused-ring (bicyclic) bond motifs is 1. The lowest BCUT2D eigenvalue weighted by molar-refractivity contribution is -0.137. The molecule has 1 saturated heterocycles. The van der Waals surface area contributed by atoms with Crippen molar-refractivity contribution in [2.45, 2.75) is 6.10 Å². The summed E-state index contributed by atoms with van der Waals surface area (Å²) in [5, 5.41) is 12.5. The van der Waals surface area contributed by atoms with Crippen LogP contribution in [0.4, 0.5) is 0 Å². The van der Waals surface area contributed by atoms with Gasteiger partial charge >= 0.3 is 0 Å². The lowest BCUT2D eigenvalue weighted by atomic mass is 10.1. The Morgan fingerprint density at radius 1 is 1.12 bits per heavy atom. The first-order valence-electron chi connectivity index (χ1n) is 8.95. The van der Waals surface area contributed by atoms with E-state index in [1.165, 1.54) is 7.11 Å². The van der Waals surface area contributed by atoms with Crippen molar-refractivity contribution in [1.82, 2.24) is 9.80 Å². The number of hydrogen-bond donors (Lipinski definition) is 1. The number of aliphatic hydroxyl groups excluding tert-OH is 1. The molecule has 1 unspecified atom stereocenters. The van der Waals surface area contributed by atoms with Crippen molar-refractivity contribution >= 4 is 16.7 Å². The smallest absolute Gasteiger partial charge is 0.248 e. The SMILES string of the molecule is COCC(=O)N1CCN(CC(O)COc2cccc3ccccc23)CC1. The molecule has 2 aromatic carbocycles. The molecule has 1 N–H and O–H groups in total. The van der Waals surface area contributed by atoms with Crippen molar-refractivity contribution in [3.8, 4) is 5.75 Å². The largest absolute Gasteiger partial charge is 0.490 e. The highest BCUT2D eigenvalue weighted by atomic mass is 16.5. The summed E-state index contributed by atoms with van der Waals surface area (Å²) in [5.74, 6) is 0.809. The van der Waals surface area contributed by atoms with Crippen LogP contribution in [-0.2, 0) is 9.53 Å². The van der Waals surface area contributed by atoms with Crippen molar-refractivity contribution < 1.29 is 19.4 Å². The van der Waals surface area contributed by atoms with Gasteiger partial charge in [0, 0.05) is 45.2 Å². The van der Waals surface area contributed by atoms with Gasteiger partial charge < -0.3 is 19.5 Å². The van der Waals surface area contributed by atoms with E-state index in [1.807, 2.05) is 42.5 Å². The van der Waals surface area contributed by atoms with Crippen LogP contribution in [0, 0.1) is 0 Å². The van der Waals surface area contributed by atoms with Crippen molar-refractivity contribution in [3.63, 3.8) is 0 Å². The average Bonchev–Trinajstić information content (AvgIpc) is 2.67. The summed E-state index contributed by atoms with van der Waals surface area (Å²) in [6.45, 7) is 3.75. The van der Waals surface area contributed by atoms with Gasteiger partial charge in [0.1, 0.15) is 25.1 Å². The van der Waals surface area contributed by atoms with Crippen molar-refractivity contribution in [2.24, 2.45) is 0 Å². The number of amides is 1. The van der Waals surface area contributed by atoms with E-state index in [0.717, 1.165) is 29.6 Å². The van der Waals surface area contributed by atoms with E-state index in [9.17, 15) is 9.90 Å². The van der Waals surface area contributed by atoms with Crippen LogP contribution in [0.1, 0.15) is 0 Å². The Kier molecular flexibility index (Phi) is 6.44. The van der Waals surface area contributed by atoms with Crippen LogP contribution in [0.15, 0.2) is 42.5 Å². The fourth-order valence-electron chi connectivity index (χ4n) is 3.25. The number of nitrogens with zero attached hydrogens (tertiary/aromatic N) is 2. The van der Waals surface area contributed by atoms with E-state index in [0.29, 0.717) is 19.6 Å². The number of carbonyl (C=O) groups is 1. The molecule has 1 atom stereocenters. The number of aliphatic hydroxyl groups is 1. The minimum atomic E-state index is -0.574. The number of ether oxygens (including phenoxy) is 2. The normalized spacial score (nSPS) is 16.6. The molecule has 6 heteroatoms. The summed E-state index contributed by atoms with van der Waals surface area (Å²) >= 11 is 0. The third kappa shape index (κ3) is 4.72. The molecule has 2 aromatic rings. The molecule has 1 aliphatic rings. The summed E-state index contributed by atoms with van der Waals surface area (Å²) in [5.41, 5.74) is 0. The number of β-amino-alcohol motifs (C(OH)–C–C–N with tert-alkyl or cyclic N) is 1. The molecule has 1 amide bonds. The molecule has 1 fully saturated rings. The zero-order valence-corrected chi connectivity index (χ0v) is 15.1. The predicted octanol–water partition coefficient (Wildman–Crippen LogP) is 1.37. The standard InChI is InChI=1S/C20H26N2O4/c1-25-15-20(24)22-11-9-21(10-12-22)13-17(23)14-26-19-8-4-6-16-5-2-3-7-18(16)19/h2-8,17,23H,9-15H2,1H3. The molecule has 26 heavy (non-hydrogen) atoms. The van der Waals surface area contributed by atoms with Crippen molar-refractivity contribution in [2.75, 3.05) is 53.0 Å². The van der Waals surface area contributed by atoms with Crippen LogP contribution >= 0.6 is 0 Å². The van der Waals surface area contributed by atoms with Gasteiger partial charge in [-0.2, -0.15) is 0 Å². The Bertz CT molecular complexity index is 723. The molecule has 0 aromatic heterocycles. The first-order valence-corrected chi connectivity index (χ1v) is 8.95. The maximum absolute atomic E-state index is 11.8. The zero-order chi connectivity index (χ0) is 18.4. The summed E-state index contributed by atoms with van der Waals surface area (Å²) in [7, 11) is 1.53. The van der Waals surface area contributed by atoms with E-state index in [4.69, 9.17) is 9.47 Å². The molecule has 0 radical (unpaired) electrons. The molecular weight excluding hydrogens is 332 g/mol. The van der Waals surface area contributed by atoms with E-state index < -0.39 is 6.10 Å². The van der Waals surface area contributed by atoms with Crippen LogP contribution in [0.3, 0.4) is 0 Å². The first kappa shape index (κ1) is 18.6. The molecule has 3 rings (SSSR count). The number of rotatable bonds is 7. The quantitative estimate of drug-likeness (QED) is 0.810. The number of carbonyl (C=O) groups excluding carboxylic acids is 1. The average molecular weight is 358 g/mol. The Hall–Kier alpha value is -2.15. The monoisotopic (exact) mass is 358 g/mol. The third-order valence-electron chi connectivity index (χ3n) is 4.64. The minimum Gasteiger partial charge on any atom is -0.490 e. The van der Waals surface area contributed by atoms with Crippen LogP contribution in [0.5, 0.6) is 5.75 Å². The highest BCUT2D eigenvalue weighted by Crippen LogP contribution is 2.25. The van der Waals surface area contributed by atoms with Gasteiger partial charge in [-0.25, -0.2) is 0 Å². The lowest BCUT2D eigenvalue weighted by Gasteiger charge is -2.35. The Morgan fingerprint density at radius 3 is 2.62 bits per heavy atom. The zero-order valence-electron chi connectivity index (χ0n) is 15.1. The molecule has 1 aliphatic heterocycles. The van der Waals surface area contributed by atoms with Crippen LogP contribution in [-0.4, -0.2) is 80.0 Å². The highest BCUT2D eigenvalue weighted by molar-refractivity contribution is 5.88.